The summed E-state index contributed by atoms with van der Waals surface area (Å²) in [5.74, 6) is 1.14. The Balaban J connectivity index is 2.14. The number of benzene rings is 1. The van der Waals surface area contributed by atoms with Gasteiger partial charge in [0.05, 0.1) is 18.9 Å². The van der Waals surface area contributed by atoms with Crippen LogP contribution < -0.4 is 10.0 Å². The molecule has 0 spiro atoms. The fraction of sp³-hybridized carbons (Fsp3) is 0.421. The van der Waals surface area contributed by atoms with E-state index in [1.54, 1.807) is 0 Å². The molecular weight excluding hydrogens is 410 g/mol. The molecule has 0 fully saturated rings. The number of anilines is 2. The second-order valence-electron chi connectivity index (χ2n) is 6.92. The minimum Gasteiger partial charge on any atom is -0.394 e. The maximum absolute atomic E-state index is 11.6. The quantitative estimate of drug-likeness (QED) is 0.460. The second kappa shape index (κ2) is 11.1. The summed E-state index contributed by atoms with van der Waals surface area (Å²) in [6.45, 7) is 4.02. The van der Waals surface area contributed by atoms with Crippen molar-refractivity contribution >= 4 is 39.8 Å². The minimum atomic E-state index is -3.53. The Morgan fingerprint density at radius 1 is 1.14 bits per heavy atom. The van der Waals surface area contributed by atoms with Crippen LogP contribution >= 0.6 is 11.8 Å². The molecule has 1 atom stereocenters. The van der Waals surface area contributed by atoms with Gasteiger partial charge in [0.2, 0.25) is 21.9 Å². The maximum atomic E-state index is 11.6. The molecular formula is C19H27N5O3S2. The lowest BCUT2D eigenvalue weighted by Crippen LogP contribution is -2.27. The summed E-state index contributed by atoms with van der Waals surface area (Å²) < 4.78 is 25.4. The highest BCUT2D eigenvalue weighted by atomic mass is 32.2. The molecule has 0 aliphatic rings. The van der Waals surface area contributed by atoms with Crippen LogP contribution in [0.15, 0.2) is 41.6 Å². The fourth-order valence-corrected chi connectivity index (χ4v) is 3.57. The molecule has 1 aromatic carbocycles. The van der Waals surface area contributed by atoms with Gasteiger partial charge in [0.25, 0.3) is 0 Å². The third kappa shape index (κ3) is 9.25. The van der Waals surface area contributed by atoms with Gasteiger partial charge in [-0.25, -0.2) is 8.42 Å². The maximum Gasteiger partial charge on any atom is 0.242 e. The van der Waals surface area contributed by atoms with Gasteiger partial charge < -0.3 is 10.4 Å². The normalized spacial score (nSPS) is 13.0. The first-order valence-electron chi connectivity index (χ1n) is 9.21. The Labute approximate surface area is 176 Å². The van der Waals surface area contributed by atoms with Crippen LogP contribution in [-0.4, -0.2) is 53.1 Å². The number of sulfonamides is 1. The summed E-state index contributed by atoms with van der Waals surface area (Å²) in [6, 6.07) is 9.66. The van der Waals surface area contributed by atoms with Crippen molar-refractivity contribution in [2.75, 3.05) is 28.7 Å². The van der Waals surface area contributed by atoms with E-state index < -0.39 is 10.0 Å². The van der Waals surface area contributed by atoms with Crippen LogP contribution in [0.3, 0.4) is 0 Å². The Kier molecular flexibility index (Phi) is 8.87. The van der Waals surface area contributed by atoms with E-state index in [0.29, 0.717) is 16.8 Å². The number of hydrogen-bond acceptors (Lipinski definition) is 8. The van der Waals surface area contributed by atoms with Crippen LogP contribution in [0.5, 0.6) is 0 Å². The zero-order valence-corrected chi connectivity index (χ0v) is 18.4. The van der Waals surface area contributed by atoms with Crippen LogP contribution in [0, 0.1) is 5.92 Å². The van der Waals surface area contributed by atoms with Gasteiger partial charge in [-0.2, -0.15) is 15.0 Å². The van der Waals surface area contributed by atoms with Crippen LogP contribution in [0.1, 0.15) is 25.8 Å². The Morgan fingerprint density at radius 3 is 2.45 bits per heavy atom. The van der Waals surface area contributed by atoms with E-state index in [2.05, 4.69) is 38.8 Å². The fourth-order valence-electron chi connectivity index (χ4n) is 2.50. The average molecular weight is 438 g/mol. The van der Waals surface area contributed by atoms with E-state index in [1.807, 2.05) is 42.5 Å². The molecule has 158 valence electrons. The van der Waals surface area contributed by atoms with Gasteiger partial charge in [0, 0.05) is 5.75 Å². The Bertz CT molecular complexity index is 905. The number of hydrogen-bond donors (Lipinski definition) is 3. The molecule has 0 saturated carbocycles. The number of nitrogens with zero attached hydrogens (tertiary/aromatic N) is 3. The lowest BCUT2D eigenvalue weighted by Gasteiger charge is -2.18. The Morgan fingerprint density at radius 2 is 1.83 bits per heavy atom. The van der Waals surface area contributed by atoms with Gasteiger partial charge in [0.15, 0.2) is 5.16 Å². The van der Waals surface area contributed by atoms with E-state index in [-0.39, 0.29) is 24.5 Å². The lowest BCUT2D eigenvalue weighted by molar-refractivity contribution is 0.259. The third-order valence-corrected chi connectivity index (χ3v) is 4.97. The summed E-state index contributed by atoms with van der Waals surface area (Å²) in [5.41, 5.74) is 1.09. The molecule has 10 heteroatoms. The number of aliphatic hydroxyl groups is 1. The predicted octanol–water partition coefficient (Wildman–Crippen LogP) is 2.87. The highest BCUT2D eigenvalue weighted by molar-refractivity contribution is 7.99. The largest absolute Gasteiger partial charge is 0.394 e. The van der Waals surface area contributed by atoms with Crippen molar-refractivity contribution in [2.45, 2.75) is 31.5 Å². The van der Waals surface area contributed by atoms with E-state index in [4.69, 9.17) is 0 Å². The molecule has 0 aliphatic carbocycles. The summed E-state index contributed by atoms with van der Waals surface area (Å²) in [5, 5.41) is 13.0. The van der Waals surface area contributed by atoms with E-state index >= 15 is 0 Å². The first-order chi connectivity index (χ1) is 13.7. The van der Waals surface area contributed by atoms with Gasteiger partial charge in [-0.05, 0) is 17.9 Å². The van der Waals surface area contributed by atoms with Crippen molar-refractivity contribution in [3.63, 3.8) is 0 Å². The summed E-state index contributed by atoms with van der Waals surface area (Å²) in [6.07, 6.45) is 5.73. The van der Waals surface area contributed by atoms with Crippen LogP contribution in [0.4, 0.5) is 11.9 Å². The smallest absolute Gasteiger partial charge is 0.242 e. The highest BCUT2D eigenvalue weighted by Gasteiger charge is 2.15. The first kappa shape index (κ1) is 23.1. The highest BCUT2D eigenvalue weighted by Crippen LogP contribution is 2.19. The summed E-state index contributed by atoms with van der Waals surface area (Å²) in [7, 11) is -3.53. The molecule has 2 aromatic rings. The molecule has 1 aromatic heterocycles. The van der Waals surface area contributed by atoms with Gasteiger partial charge in [0.1, 0.15) is 0 Å². The number of aromatic nitrogens is 3. The van der Waals surface area contributed by atoms with Gasteiger partial charge in [-0.15, -0.1) is 0 Å². The van der Waals surface area contributed by atoms with Gasteiger partial charge in [-0.3, -0.25) is 4.72 Å². The van der Waals surface area contributed by atoms with Crippen molar-refractivity contribution in [3.8, 4) is 0 Å². The molecule has 0 radical (unpaired) electrons. The van der Waals surface area contributed by atoms with E-state index in [9.17, 15) is 13.5 Å². The van der Waals surface area contributed by atoms with Crippen LogP contribution in [-0.2, 0) is 10.0 Å². The number of thioether (sulfide) groups is 1. The van der Waals surface area contributed by atoms with Crippen molar-refractivity contribution < 1.29 is 13.5 Å². The topological polar surface area (TPSA) is 117 Å². The van der Waals surface area contributed by atoms with Crippen molar-refractivity contribution in [3.05, 3.63) is 42.0 Å². The monoisotopic (exact) mass is 437 g/mol. The average Bonchev–Trinajstić information content (AvgIpc) is 2.63. The number of nitrogens with one attached hydrogen (secondary N) is 2. The molecule has 3 N–H and O–H groups in total. The summed E-state index contributed by atoms with van der Waals surface area (Å²) >= 11 is 1.36. The van der Waals surface area contributed by atoms with E-state index in [0.717, 1.165) is 18.2 Å². The predicted molar refractivity (Wildman–Crippen MR) is 118 cm³/mol. The lowest BCUT2D eigenvalue weighted by atomic mass is 10.0. The standard InChI is InChI=1S/C19H27N5O3S2/c1-14(2)12-16(13-25)20-17-21-18(24-29(3,26)27)23-19(22-17)28-11-7-10-15-8-5-4-6-9-15/h4-10,14,16,25H,11-13H2,1-3H3,(H2,20,21,22,23,24)/b10-7+/t16-/m1/s1. The summed E-state index contributed by atoms with van der Waals surface area (Å²) in [4.78, 5) is 12.6. The van der Waals surface area contributed by atoms with Crippen molar-refractivity contribution in [1.82, 2.24) is 15.0 Å². The first-order valence-corrected chi connectivity index (χ1v) is 12.1. The van der Waals surface area contributed by atoms with Gasteiger partial charge >= 0.3 is 0 Å². The van der Waals surface area contributed by atoms with Crippen molar-refractivity contribution in [1.29, 1.82) is 0 Å². The van der Waals surface area contributed by atoms with Gasteiger partial charge in [-0.1, -0.05) is 68.1 Å². The molecule has 0 amide bonds. The molecule has 0 unspecified atom stereocenters. The van der Waals surface area contributed by atoms with Crippen molar-refractivity contribution in [2.24, 2.45) is 5.92 Å². The van der Waals surface area contributed by atoms with Crippen LogP contribution in [0.25, 0.3) is 6.08 Å². The molecule has 2 rings (SSSR count). The SMILES string of the molecule is CC(C)C[C@H](CO)Nc1nc(NS(C)(=O)=O)nc(SC/C=C/c2ccccc2)n1. The molecule has 0 aliphatic heterocycles. The van der Waals surface area contributed by atoms with E-state index in [1.165, 1.54) is 11.8 Å². The number of aliphatic hydroxyl groups excluding tert-OH is 1. The Hall–Kier alpha value is -2.17. The molecule has 8 nitrogen and oxygen atoms in total. The second-order valence-corrected chi connectivity index (χ2v) is 9.65. The zero-order valence-electron chi connectivity index (χ0n) is 16.7. The molecule has 0 bridgehead atoms. The molecule has 0 saturated heterocycles. The zero-order chi connectivity index (χ0) is 21.3. The molecule has 29 heavy (non-hydrogen) atoms. The minimum absolute atomic E-state index is 0.0548. The van der Waals surface area contributed by atoms with Crippen LogP contribution in [0.2, 0.25) is 0 Å². The number of rotatable bonds is 11. The third-order valence-electron chi connectivity index (χ3n) is 3.62. The molecule has 1 heterocycles.